The van der Waals surface area contributed by atoms with Crippen molar-refractivity contribution in [3.63, 3.8) is 0 Å². The molecule has 2 rings (SSSR count). The number of aromatic nitrogens is 2. The van der Waals surface area contributed by atoms with Crippen LogP contribution in [0.5, 0.6) is 0 Å². The minimum atomic E-state index is -3.01. The number of alkyl halides is 4. The van der Waals surface area contributed by atoms with Gasteiger partial charge in [0, 0.05) is 11.3 Å². The fraction of sp³-hybridized carbons (Fsp3) is 0.294. The van der Waals surface area contributed by atoms with Crippen LogP contribution in [0.4, 0.5) is 33.5 Å². The zero-order valence-corrected chi connectivity index (χ0v) is 15.2. The molecule has 1 unspecified atom stereocenters. The van der Waals surface area contributed by atoms with Gasteiger partial charge in [-0.2, -0.15) is 0 Å². The summed E-state index contributed by atoms with van der Waals surface area (Å²) < 4.78 is 71.0. The summed E-state index contributed by atoms with van der Waals surface area (Å²) in [6.07, 6.45) is -5.28. The number of hydrogen-bond donors (Lipinski definition) is 4. The molecule has 162 valence electrons. The topological polar surface area (TPSA) is 140 Å². The maximum atomic E-state index is 14.1. The van der Waals surface area contributed by atoms with Crippen molar-refractivity contribution in [2.45, 2.75) is 18.8 Å². The van der Waals surface area contributed by atoms with E-state index in [0.717, 1.165) is 18.2 Å². The number of carbonyl (C=O) groups is 1. The molecule has 0 aliphatic carbocycles. The molecule has 2 aromatic rings. The molecule has 0 aliphatic rings. The van der Waals surface area contributed by atoms with Crippen molar-refractivity contribution in [1.82, 2.24) is 9.97 Å². The number of nitrogens with zero attached hydrogens (tertiary/aromatic N) is 2. The molecule has 0 spiro atoms. The molecule has 13 heteroatoms. The van der Waals surface area contributed by atoms with Crippen molar-refractivity contribution in [2.75, 3.05) is 24.3 Å². The van der Waals surface area contributed by atoms with Gasteiger partial charge >= 0.3 is 0 Å². The fourth-order valence-corrected chi connectivity index (χ4v) is 2.39. The van der Waals surface area contributed by atoms with Gasteiger partial charge in [-0.1, -0.05) is 0 Å². The van der Waals surface area contributed by atoms with Crippen molar-refractivity contribution >= 4 is 23.2 Å². The Morgan fingerprint density at radius 1 is 1.27 bits per heavy atom. The van der Waals surface area contributed by atoms with Crippen molar-refractivity contribution in [3.8, 4) is 0 Å². The number of nitrogens with one attached hydrogen (secondary N) is 2. The number of ether oxygens (including phenoxy) is 1. The molecule has 0 radical (unpaired) electrons. The van der Waals surface area contributed by atoms with Gasteiger partial charge in [0.05, 0.1) is 18.7 Å². The first kappa shape index (κ1) is 22.9. The lowest BCUT2D eigenvalue weighted by atomic mass is 9.99. The molecule has 0 aliphatic heterocycles. The van der Waals surface area contributed by atoms with Gasteiger partial charge in [-0.25, -0.2) is 31.9 Å². The van der Waals surface area contributed by atoms with Crippen LogP contribution in [-0.2, 0) is 4.74 Å². The fourth-order valence-electron chi connectivity index (χ4n) is 2.39. The molecule has 0 bridgehead atoms. The van der Waals surface area contributed by atoms with Gasteiger partial charge in [0.2, 0.25) is 6.43 Å². The van der Waals surface area contributed by atoms with Gasteiger partial charge in [-0.3, -0.25) is 10.2 Å². The Labute approximate surface area is 167 Å². The van der Waals surface area contributed by atoms with Crippen LogP contribution in [0.15, 0.2) is 24.4 Å². The van der Waals surface area contributed by atoms with E-state index >= 15 is 0 Å². The molecule has 1 heterocycles. The zero-order valence-electron chi connectivity index (χ0n) is 15.2. The average molecular weight is 432 g/mol. The normalized spacial score (nSPS) is 12.2. The van der Waals surface area contributed by atoms with Crippen LogP contribution < -0.4 is 16.8 Å². The van der Waals surface area contributed by atoms with E-state index in [1.54, 1.807) is 0 Å². The van der Waals surface area contributed by atoms with Crippen molar-refractivity contribution in [2.24, 2.45) is 5.73 Å². The predicted molar refractivity (Wildman–Crippen MR) is 97.2 cm³/mol. The zero-order chi connectivity index (χ0) is 22.4. The van der Waals surface area contributed by atoms with E-state index in [1.165, 1.54) is 0 Å². The summed E-state index contributed by atoms with van der Waals surface area (Å²) >= 11 is 0. The highest BCUT2D eigenvalue weighted by Gasteiger charge is 2.27. The number of amides is 1. The van der Waals surface area contributed by atoms with Gasteiger partial charge in [-0.15, -0.1) is 0 Å². The van der Waals surface area contributed by atoms with Crippen LogP contribution in [0.2, 0.25) is 0 Å². The Morgan fingerprint density at radius 2 is 1.97 bits per heavy atom. The largest absolute Gasteiger partial charge is 0.386 e. The Balaban J connectivity index is 2.23. The standard InChI is InChI=1S/C17H17F5N6O2/c18-10-2-1-7(3-8(10)9(14(19)20)5-30-6-12(23)24)27-17(29)13-16(25)28-11(4-26-13)15(21)22/h1-4,9,14-15H,5-6H2,(H3,23,24)(H2,25,28)(H,27,29). The van der Waals surface area contributed by atoms with Gasteiger partial charge in [0.1, 0.15) is 24.0 Å². The number of anilines is 2. The Kier molecular flexibility index (Phi) is 7.58. The van der Waals surface area contributed by atoms with Gasteiger partial charge in [-0.05, 0) is 18.2 Å². The van der Waals surface area contributed by atoms with Crippen LogP contribution in [0.3, 0.4) is 0 Å². The van der Waals surface area contributed by atoms with Crippen molar-refractivity contribution in [3.05, 3.63) is 47.2 Å². The summed E-state index contributed by atoms with van der Waals surface area (Å²) in [5, 5.41) is 9.29. The summed E-state index contributed by atoms with van der Waals surface area (Å²) in [5.41, 5.74) is 8.83. The maximum Gasteiger partial charge on any atom is 0.281 e. The van der Waals surface area contributed by atoms with E-state index in [4.69, 9.17) is 21.6 Å². The Bertz CT molecular complexity index is 928. The van der Waals surface area contributed by atoms with E-state index in [0.29, 0.717) is 6.20 Å². The first-order chi connectivity index (χ1) is 14.1. The number of amidine groups is 1. The van der Waals surface area contributed by atoms with Crippen LogP contribution in [0, 0.1) is 11.2 Å². The third kappa shape index (κ3) is 5.83. The first-order valence-electron chi connectivity index (χ1n) is 8.30. The highest BCUT2D eigenvalue weighted by Crippen LogP contribution is 2.29. The van der Waals surface area contributed by atoms with Crippen LogP contribution >= 0.6 is 0 Å². The molecule has 1 amide bonds. The third-order valence-corrected chi connectivity index (χ3v) is 3.77. The van der Waals surface area contributed by atoms with Gasteiger partial charge < -0.3 is 21.5 Å². The third-order valence-electron chi connectivity index (χ3n) is 3.77. The molecule has 1 atom stereocenters. The number of hydrogen-bond acceptors (Lipinski definition) is 6. The summed E-state index contributed by atoms with van der Waals surface area (Å²) in [6, 6.07) is 2.94. The van der Waals surface area contributed by atoms with E-state index in [1.807, 2.05) is 0 Å². The first-order valence-corrected chi connectivity index (χ1v) is 8.30. The number of nitrogen functional groups attached to an aromatic ring is 1. The lowest BCUT2D eigenvalue weighted by Gasteiger charge is -2.18. The van der Waals surface area contributed by atoms with Crippen molar-refractivity contribution < 1.29 is 31.5 Å². The van der Waals surface area contributed by atoms with E-state index < -0.39 is 66.5 Å². The SMILES string of the molecule is N=C(N)COCC(c1cc(NC(=O)c2ncc(C(F)F)nc2N)ccc1F)C(F)F. The second kappa shape index (κ2) is 9.91. The minimum absolute atomic E-state index is 0.0762. The van der Waals surface area contributed by atoms with Gasteiger partial charge in [0.25, 0.3) is 12.3 Å². The summed E-state index contributed by atoms with van der Waals surface area (Å²) in [6.45, 7) is -1.03. The molecule has 0 fully saturated rings. The molecule has 8 nitrogen and oxygen atoms in total. The van der Waals surface area contributed by atoms with Crippen LogP contribution in [0.25, 0.3) is 0 Å². The number of carbonyl (C=O) groups excluding carboxylic acids is 1. The molecule has 30 heavy (non-hydrogen) atoms. The number of rotatable bonds is 9. The second-order valence-corrected chi connectivity index (χ2v) is 6.00. The monoisotopic (exact) mass is 432 g/mol. The summed E-state index contributed by atoms with van der Waals surface area (Å²) in [4.78, 5) is 19.2. The average Bonchev–Trinajstić information content (AvgIpc) is 2.66. The van der Waals surface area contributed by atoms with Crippen LogP contribution in [0.1, 0.15) is 34.1 Å². The lowest BCUT2D eigenvalue weighted by molar-refractivity contribution is 0.0541. The minimum Gasteiger partial charge on any atom is -0.386 e. The smallest absolute Gasteiger partial charge is 0.281 e. The highest BCUT2D eigenvalue weighted by molar-refractivity contribution is 6.05. The summed E-state index contributed by atoms with van der Waals surface area (Å²) in [5.74, 6) is -4.57. The number of halogens is 5. The van der Waals surface area contributed by atoms with E-state index in [-0.39, 0.29) is 11.5 Å². The van der Waals surface area contributed by atoms with E-state index in [2.05, 4.69) is 15.3 Å². The molecule has 1 aromatic carbocycles. The molecule has 0 saturated carbocycles. The quantitative estimate of drug-likeness (QED) is 0.273. The second-order valence-electron chi connectivity index (χ2n) is 6.00. The van der Waals surface area contributed by atoms with Crippen LogP contribution in [-0.4, -0.2) is 41.3 Å². The molecule has 6 N–H and O–H groups in total. The highest BCUT2D eigenvalue weighted by atomic mass is 19.3. The molecule has 1 aromatic heterocycles. The van der Waals surface area contributed by atoms with E-state index in [9.17, 15) is 26.7 Å². The number of benzene rings is 1. The Morgan fingerprint density at radius 3 is 2.53 bits per heavy atom. The van der Waals surface area contributed by atoms with Crippen molar-refractivity contribution in [1.29, 1.82) is 5.41 Å². The Hall–Kier alpha value is -3.35. The van der Waals surface area contributed by atoms with Gasteiger partial charge in [0.15, 0.2) is 11.5 Å². The number of nitrogens with two attached hydrogens (primary N) is 2. The summed E-state index contributed by atoms with van der Waals surface area (Å²) in [7, 11) is 0. The molecular formula is C17H17F5N6O2. The lowest BCUT2D eigenvalue weighted by Crippen LogP contribution is -2.23. The molecular weight excluding hydrogens is 415 g/mol. The maximum absolute atomic E-state index is 14.1. The molecule has 0 saturated heterocycles. The predicted octanol–water partition coefficient (Wildman–Crippen LogP) is 2.69.